The van der Waals surface area contributed by atoms with Crippen LogP contribution in [0.5, 0.6) is 0 Å². The molecule has 0 radical (unpaired) electrons. The highest BCUT2D eigenvalue weighted by atomic mass is 35.5. The molecule has 21 heavy (non-hydrogen) atoms. The largest absolute Gasteiger partial charge is 0.327 e. The van der Waals surface area contributed by atoms with Crippen molar-refractivity contribution in [2.75, 3.05) is 13.1 Å². The number of nitrogens with zero attached hydrogens (tertiary/aromatic N) is 1. The maximum atomic E-state index is 12.8. The van der Waals surface area contributed by atoms with E-state index in [2.05, 4.69) is 0 Å². The third-order valence-corrected chi connectivity index (χ3v) is 7.42. The molecule has 0 amide bonds. The van der Waals surface area contributed by atoms with Gasteiger partial charge >= 0.3 is 0 Å². The molecule has 1 heterocycles. The standard InChI is InChI=1S/C14H18Cl2N2O2S/c15-11-4-2-5-12(16)14(11)21(19,20)18-7-9-3-1-6-13(17)10(9)8-18/h2,4-5,9-10,13H,1,3,6-8,17H2. The van der Waals surface area contributed by atoms with Crippen molar-refractivity contribution >= 4 is 33.2 Å². The highest BCUT2D eigenvalue weighted by molar-refractivity contribution is 7.89. The first-order chi connectivity index (χ1) is 9.91. The first kappa shape index (κ1) is 15.6. The van der Waals surface area contributed by atoms with Gasteiger partial charge in [0.2, 0.25) is 10.0 Å². The predicted octanol–water partition coefficient (Wildman–Crippen LogP) is 2.74. The predicted molar refractivity (Wildman–Crippen MR) is 84.0 cm³/mol. The van der Waals surface area contributed by atoms with E-state index < -0.39 is 10.0 Å². The monoisotopic (exact) mass is 348 g/mol. The van der Waals surface area contributed by atoms with Crippen molar-refractivity contribution in [2.24, 2.45) is 17.6 Å². The zero-order valence-corrected chi connectivity index (χ0v) is 13.8. The molecule has 116 valence electrons. The van der Waals surface area contributed by atoms with Gasteiger partial charge in [0.05, 0.1) is 10.0 Å². The Kier molecular flexibility index (Phi) is 4.23. The molecule has 1 aliphatic carbocycles. The zero-order chi connectivity index (χ0) is 15.2. The van der Waals surface area contributed by atoms with Crippen LogP contribution in [0.25, 0.3) is 0 Å². The van der Waals surface area contributed by atoms with E-state index in [1.54, 1.807) is 18.2 Å². The van der Waals surface area contributed by atoms with Gasteiger partial charge in [0.15, 0.2) is 0 Å². The SMILES string of the molecule is NC1CCCC2CN(S(=O)(=O)c3c(Cl)cccc3Cl)CC12. The highest BCUT2D eigenvalue weighted by Gasteiger charge is 2.44. The van der Waals surface area contributed by atoms with Gasteiger partial charge in [-0.15, -0.1) is 0 Å². The lowest BCUT2D eigenvalue weighted by Gasteiger charge is -2.29. The van der Waals surface area contributed by atoms with E-state index in [-0.39, 0.29) is 26.9 Å². The van der Waals surface area contributed by atoms with Gasteiger partial charge in [-0.2, -0.15) is 4.31 Å². The van der Waals surface area contributed by atoms with Crippen LogP contribution in [-0.2, 0) is 10.0 Å². The van der Waals surface area contributed by atoms with E-state index >= 15 is 0 Å². The van der Waals surface area contributed by atoms with Gasteiger partial charge in [0, 0.05) is 19.1 Å². The fourth-order valence-electron chi connectivity index (χ4n) is 3.53. The molecule has 0 bridgehead atoms. The summed E-state index contributed by atoms with van der Waals surface area (Å²) >= 11 is 12.1. The summed E-state index contributed by atoms with van der Waals surface area (Å²) in [5, 5.41) is 0.336. The Balaban J connectivity index is 1.93. The van der Waals surface area contributed by atoms with Crippen LogP contribution in [0, 0.1) is 11.8 Å². The molecular formula is C14H18Cl2N2O2S. The fraction of sp³-hybridized carbons (Fsp3) is 0.571. The summed E-state index contributed by atoms with van der Waals surface area (Å²) in [5.41, 5.74) is 6.15. The van der Waals surface area contributed by atoms with E-state index in [1.807, 2.05) is 0 Å². The number of rotatable bonds is 2. The third kappa shape index (κ3) is 2.70. The average molecular weight is 349 g/mol. The number of hydrogen-bond acceptors (Lipinski definition) is 3. The van der Waals surface area contributed by atoms with Crippen LogP contribution in [0.15, 0.2) is 23.1 Å². The van der Waals surface area contributed by atoms with Crippen LogP contribution < -0.4 is 5.73 Å². The molecule has 2 aliphatic rings. The second-order valence-corrected chi connectivity index (χ2v) is 8.58. The molecule has 2 N–H and O–H groups in total. The fourth-order valence-corrected chi connectivity index (χ4v) is 6.16. The minimum atomic E-state index is -3.67. The van der Waals surface area contributed by atoms with Crippen molar-refractivity contribution in [1.82, 2.24) is 4.31 Å². The van der Waals surface area contributed by atoms with E-state index in [4.69, 9.17) is 28.9 Å². The smallest absolute Gasteiger partial charge is 0.246 e. The number of halogens is 2. The van der Waals surface area contributed by atoms with Crippen molar-refractivity contribution in [3.05, 3.63) is 28.2 Å². The van der Waals surface area contributed by atoms with Gasteiger partial charge in [-0.1, -0.05) is 35.7 Å². The maximum absolute atomic E-state index is 12.8. The van der Waals surface area contributed by atoms with Gasteiger partial charge in [0.25, 0.3) is 0 Å². The quantitative estimate of drug-likeness (QED) is 0.893. The lowest BCUT2D eigenvalue weighted by molar-refractivity contribution is 0.260. The van der Waals surface area contributed by atoms with Crippen molar-refractivity contribution in [3.63, 3.8) is 0 Å². The van der Waals surface area contributed by atoms with E-state index in [0.717, 1.165) is 19.3 Å². The topological polar surface area (TPSA) is 63.4 Å². The summed E-state index contributed by atoms with van der Waals surface area (Å²) in [6, 6.07) is 4.83. The Hall–Kier alpha value is -0.330. The maximum Gasteiger partial charge on any atom is 0.246 e. The van der Waals surface area contributed by atoms with Crippen molar-refractivity contribution < 1.29 is 8.42 Å². The van der Waals surface area contributed by atoms with Crippen LogP contribution in [0.3, 0.4) is 0 Å². The third-order valence-electron chi connectivity index (χ3n) is 4.64. The summed E-state index contributed by atoms with van der Waals surface area (Å²) in [6.45, 7) is 0.984. The first-order valence-electron chi connectivity index (χ1n) is 7.11. The molecule has 0 spiro atoms. The molecule has 1 aliphatic heterocycles. The van der Waals surface area contributed by atoms with Gasteiger partial charge in [-0.05, 0) is 36.8 Å². The molecule has 0 aromatic heterocycles. The molecule has 3 rings (SSSR count). The van der Waals surface area contributed by atoms with Crippen LogP contribution in [-0.4, -0.2) is 31.9 Å². The Bertz CT molecular complexity index is 630. The Labute approximate surface area is 135 Å². The molecule has 2 fully saturated rings. The van der Waals surface area contributed by atoms with Crippen molar-refractivity contribution in [3.8, 4) is 0 Å². The summed E-state index contributed by atoms with van der Waals surface area (Å²) in [7, 11) is -3.67. The zero-order valence-electron chi connectivity index (χ0n) is 11.5. The molecule has 7 heteroatoms. The molecular weight excluding hydrogens is 331 g/mol. The summed E-state index contributed by atoms with van der Waals surface area (Å²) in [4.78, 5) is 0.0144. The van der Waals surface area contributed by atoms with Crippen LogP contribution >= 0.6 is 23.2 Å². The second-order valence-electron chi connectivity index (χ2n) is 5.89. The minimum absolute atomic E-state index is 0.0144. The molecule has 4 nitrogen and oxygen atoms in total. The number of fused-ring (bicyclic) bond motifs is 1. The normalized spacial score (nSPS) is 30.3. The van der Waals surface area contributed by atoms with E-state index in [0.29, 0.717) is 19.0 Å². The van der Waals surface area contributed by atoms with Gasteiger partial charge < -0.3 is 5.73 Å². The second kappa shape index (κ2) is 5.70. The Morgan fingerprint density at radius 2 is 1.81 bits per heavy atom. The van der Waals surface area contributed by atoms with Gasteiger partial charge in [-0.25, -0.2) is 8.42 Å². The summed E-state index contributed by atoms with van der Waals surface area (Å²) in [6.07, 6.45) is 3.09. The highest BCUT2D eigenvalue weighted by Crippen LogP contribution is 2.40. The van der Waals surface area contributed by atoms with Crippen LogP contribution in [0.4, 0.5) is 0 Å². The number of nitrogens with two attached hydrogens (primary N) is 1. The molecule has 1 aromatic rings. The van der Waals surface area contributed by atoms with E-state index in [9.17, 15) is 8.42 Å². The molecule has 1 saturated carbocycles. The van der Waals surface area contributed by atoms with Crippen molar-refractivity contribution in [2.45, 2.75) is 30.2 Å². The number of sulfonamides is 1. The number of hydrogen-bond donors (Lipinski definition) is 1. The summed E-state index contributed by atoms with van der Waals surface area (Å²) in [5.74, 6) is 0.597. The van der Waals surface area contributed by atoms with Crippen LogP contribution in [0.1, 0.15) is 19.3 Å². The Morgan fingerprint density at radius 3 is 2.43 bits per heavy atom. The van der Waals surface area contributed by atoms with E-state index in [1.165, 1.54) is 4.31 Å². The first-order valence-corrected chi connectivity index (χ1v) is 9.30. The molecule has 1 aromatic carbocycles. The number of benzene rings is 1. The molecule has 3 unspecified atom stereocenters. The Morgan fingerprint density at radius 1 is 1.14 bits per heavy atom. The van der Waals surface area contributed by atoms with Crippen molar-refractivity contribution in [1.29, 1.82) is 0 Å². The van der Waals surface area contributed by atoms with Crippen LogP contribution in [0.2, 0.25) is 10.0 Å². The molecule has 3 atom stereocenters. The lowest BCUT2D eigenvalue weighted by atomic mass is 9.78. The van der Waals surface area contributed by atoms with Gasteiger partial charge in [-0.3, -0.25) is 0 Å². The molecule has 1 saturated heterocycles. The average Bonchev–Trinajstić information content (AvgIpc) is 2.84. The summed E-state index contributed by atoms with van der Waals surface area (Å²) < 4.78 is 27.2. The van der Waals surface area contributed by atoms with Gasteiger partial charge in [0.1, 0.15) is 4.90 Å². The lowest BCUT2D eigenvalue weighted by Crippen LogP contribution is -2.38. The minimum Gasteiger partial charge on any atom is -0.327 e.